The zero-order valence-electron chi connectivity index (χ0n) is 12.2. The van der Waals surface area contributed by atoms with Crippen LogP contribution in [0.1, 0.15) is 11.1 Å². The van der Waals surface area contributed by atoms with Gasteiger partial charge in [0.2, 0.25) is 5.88 Å². The Morgan fingerprint density at radius 1 is 1.24 bits per heavy atom. The number of halogens is 1. The second-order valence-electron chi connectivity index (χ2n) is 4.71. The van der Waals surface area contributed by atoms with E-state index < -0.39 is 0 Å². The van der Waals surface area contributed by atoms with Crippen molar-refractivity contribution in [1.29, 1.82) is 0 Å². The van der Waals surface area contributed by atoms with Crippen LogP contribution in [0.3, 0.4) is 0 Å². The van der Waals surface area contributed by atoms with Crippen LogP contribution in [0.5, 0.6) is 11.6 Å². The van der Waals surface area contributed by atoms with Gasteiger partial charge in [-0.15, -0.1) is 0 Å². The number of hydrogen-bond acceptors (Lipinski definition) is 4. The van der Waals surface area contributed by atoms with Crippen molar-refractivity contribution in [3.63, 3.8) is 0 Å². The molecule has 0 saturated heterocycles. The third-order valence-corrected chi connectivity index (χ3v) is 3.53. The molecule has 0 atom stereocenters. The summed E-state index contributed by atoms with van der Waals surface area (Å²) in [6, 6.07) is 9.84. The Morgan fingerprint density at radius 3 is 2.76 bits per heavy atom. The van der Waals surface area contributed by atoms with Gasteiger partial charge in [0, 0.05) is 32.5 Å². The molecule has 0 spiro atoms. The van der Waals surface area contributed by atoms with Crippen LogP contribution in [0.25, 0.3) is 0 Å². The molecule has 0 aliphatic heterocycles. The maximum absolute atomic E-state index is 5.76. The molecule has 0 aliphatic carbocycles. The molecule has 0 unspecified atom stereocenters. The lowest BCUT2D eigenvalue weighted by atomic mass is 10.2. The van der Waals surface area contributed by atoms with Crippen LogP contribution in [0.15, 0.2) is 41.0 Å². The second kappa shape index (κ2) is 8.12. The molecule has 2 aromatic rings. The van der Waals surface area contributed by atoms with Gasteiger partial charge in [-0.2, -0.15) is 0 Å². The summed E-state index contributed by atoms with van der Waals surface area (Å²) < 4.78 is 11.7. The van der Waals surface area contributed by atoms with Crippen molar-refractivity contribution in [2.45, 2.75) is 13.5 Å². The summed E-state index contributed by atoms with van der Waals surface area (Å²) in [5.74, 6) is 1.35. The average Bonchev–Trinajstić information content (AvgIpc) is 2.48. The fraction of sp³-hybridized carbons (Fsp3) is 0.312. The number of hydrogen-bond donors (Lipinski definition) is 1. The van der Waals surface area contributed by atoms with E-state index in [1.807, 2.05) is 43.5 Å². The second-order valence-corrected chi connectivity index (χ2v) is 5.56. The zero-order valence-corrected chi connectivity index (χ0v) is 13.8. The summed E-state index contributed by atoms with van der Waals surface area (Å²) in [5, 5.41) is 3.27. The van der Waals surface area contributed by atoms with E-state index in [4.69, 9.17) is 9.47 Å². The molecule has 112 valence electrons. The minimum absolute atomic E-state index is 0.584. The number of nitrogens with one attached hydrogen (secondary N) is 1. The standard InChI is InChI=1S/C16H19BrN2O2/c1-12-3-5-15(14(17)9-12)21-16-6-4-13(11-19-16)10-18-7-8-20-2/h3-6,9,11,18H,7-8,10H2,1-2H3. The summed E-state index contributed by atoms with van der Waals surface area (Å²) in [7, 11) is 1.69. The SMILES string of the molecule is COCCNCc1ccc(Oc2ccc(C)cc2Br)nc1. The highest BCUT2D eigenvalue weighted by atomic mass is 79.9. The van der Waals surface area contributed by atoms with Crippen molar-refractivity contribution in [2.75, 3.05) is 20.3 Å². The number of rotatable bonds is 7. The van der Waals surface area contributed by atoms with E-state index in [9.17, 15) is 0 Å². The van der Waals surface area contributed by atoms with Gasteiger partial charge in [0.15, 0.2) is 0 Å². The molecule has 0 bridgehead atoms. The van der Waals surface area contributed by atoms with Crippen molar-refractivity contribution in [2.24, 2.45) is 0 Å². The Bertz CT molecular complexity index is 573. The molecule has 0 radical (unpaired) electrons. The van der Waals surface area contributed by atoms with Gasteiger partial charge in [0.05, 0.1) is 11.1 Å². The lowest BCUT2D eigenvalue weighted by Crippen LogP contribution is -2.18. The van der Waals surface area contributed by atoms with Crippen molar-refractivity contribution in [1.82, 2.24) is 10.3 Å². The molecule has 0 aliphatic rings. The number of pyridine rings is 1. The van der Waals surface area contributed by atoms with Gasteiger partial charge in [-0.1, -0.05) is 12.1 Å². The third-order valence-electron chi connectivity index (χ3n) is 2.91. The van der Waals surface area contributed by atoms with Crippen molar-refractivity contribution < 1.29 is 9.47 Å². The normalized spacial score (nSPS) is 10.6. The summed E-state index contributed by atoms with van der Waals surface area (Å²) in [6.45, 7) is 4.34. The molecule has 1 aromatic carbocycles. The van der Waals surface area contributed by atoms with Crippen LogP contribution in [0.4, 0.5) is 0 Å². The van der Waals surface area contributed by atoms with Gasteiger partial charge in [-0.25, -0.2) is 4.98 Å². The van der Waals surface area contributed by atoms with Gasteiger partial charge >= 0.3 is 0 Å². The van der Waals surface area contributed by atoms with Crippen LogP contribution in [0.2, 0.25) is 0 Å². The highest BCUT2D eigenvalue weighted by Crippen LogP contribution is 2.29. The lowest BCUT2D eigenvalue weighted by molar-refractivity contribution is 0.199. The largest absolute Gasteiger partial charge is 0.438 e. The zero-order chi connectivity index (χ0) is 15.1. The van der Waals surface area contributed by atoms with Crippen LogP contribution in [-0.2, 0) is 11.3 Å². The summed E-state index contributed by atoms with van der Waals surface area (Å²) in [4.78, 5) is 4.32. The highest BCUT2D eigenvalue weighted by molar-refractivity contribution is 9.10. The first-order chi connectivity index (χ1) is 10.2. The first-order valence-electron chi connectivity index (χ1n) is 6.77. The summed E-state index contributed by atoms with van der Waals surface area (Å²) in [6.07, 6.45) is 1.82. The summed E-state index contributed by atoms with van der Waals surface area (Å²) >= 11 is 3.49. The molecule has 1 heterocycles. The minimum Gasteiger partial charge on any atom is -0.438 e. The maximum atomic E-state index is 5.76. The Kier molecular flexibility index (Phi) is 6.17. The fourth-order valence-electron chi connectivity index (χ4n) is 1.78. The Hall–Kier alpha value is -1.43. The monoisotopic (exact) mass is 350 g/mol. The molecular weight excluding hydrogens is 332 g/mol. The quantitative estimate of drug-likeness (QED) is 0.773. The highest BCUT2D eigenvalue weighted by Gasteiger charge is 2.04. The molecule has 1 N–H and O–H groups in total. The van der Waals surface area contributed by atoms with Gasteiger partial charge in [-0.3, -0.25) is 0 Å². The molecule has 4 nitrogen and oxygen atoms in total. The first-order valence-corrected chi connectivity index (χ1v) is 7.57. The van der Waals surface area contributed by atoms with Crippen LogP contribution in [-0.4, -0.2) is 25.2 Å². The molecule has 5 heteroatoms. The molecule has 0 saturated carbocycles. The van der Waals surface area contributed by atoms with Crippen LogP contribution < -0.4 is 10.1 Å². The lowest BCUT2D eigenvalue weighted by Gasteiger charge is -2.08. The van der Waals surface area contributed by atoms with Crippen molar-refractivity contribution >= 4 is 15.9 Å². The van der Waals surface area contributed by atoms with E-state index in [-0.39, 0.29) is 0 Å². The topological polar surface area (TPSA) is 43.4 Å². The maximum Gasteiger partial charge on any atom is 0.219 e. The number of methoxy groups -OCH3 is 1. The number of ether oxygens (including phenoxy) is 2. The van der Waals surface area contributed by atoms with E-state index in [0.717, 1.165) is 28.9 Å². The van der Waals surface area contributed by atoms with E-state index >= 15 is 0 Å². The number of aryl methyl sites for hydroxylation is 1. The van der Waals surface area contributed by atoms with Gasteiger partial charge < -0.3 is 14.8 Å². The van der Waals surface area contributed by atoms with E-state index in [2.05, 4.69) is 26.2 Å². The average molecular weight is 351 g/mol. The Labute approximate surface area is 133 Å². The molecular formula is C16H19BrN2O2. The predicted octanol–water partition coefficient (Wildman–Crippen LogP) is 3.68. The predicted molar refractivity (Wildman–Crippen MR) is 86.8 cm³/mol. The number of nitrogens with zero attached hydrogens (tertiary/aromatic N) is 1. The fourth-order valence-corrected chi connectivity index (χ4v) is 2.36. The molecule has 21 heavy (non-hydrogen) atoms. The molecule has 1 aromatic heterocycles. The minimum atomic E-state index is 0.584. The van der Waals surface area contributed by atoms with Crippen molar-refractivity contribution in [3.8, 4) is 11.6 Å². The number of aromatic nitrogens is 1. The van der Waals surface area contributed by atoms with E-state index in [1.54, 1.807) is 7.11 Å². The van der Waals surface area contributed by atoms with Crippen molar-refractivity contribution in [3.05, 3.63) is 52.1 Å². The van der Waals surface area contributed by atoms with Gasteiger partial charge in [0.25, 0.3) is 0 Å². The van der Waals surface area contributed by atoms with E-state index in [0.29, 0.717) is 12.5 Å². The molecule has 2 rings (SSSR count). The molecule has 0 amide bonds. The van der Waals surface area contributed by atoms with E-state index in [1.165, 1.54) is 5.56 Å². The Balaban J connectivity index is 1.92. The van der Waals surface area contributed by atoms with Gasteiger partial charge in [0.1, 0.15) is 5.75 Å². The van der Waals surface area contributed by atoms with Crippen LogP contribution in [0, 0.1) is 6.92 Å². The third kappa shape index (κ3) is 5.12. The number of benzene rings is 1. The van der Waals surface area contributed by atoms with Crippen LogP contribution >= 0.6 is 15.9 Å². The smallest absolute Gasteiger partial charge is 0.219 e. The summed E-state index contributed by atoms with van der Waals surface area (Å²) in [5.41, 5.74) is 2.29. The Morgan fingerprint density at radius 2 is 2.10 bits per heavy atom. The first kappa shape index (κ1) is 15.9. The van der Waals surface area contributed by atoms with Gasteiger partial charge in [-0.05, 0) is 46.1 Å². The molecule has 0 fully saturated rings.